The number of nitrogens with zero attached hydrogens (tertiary/aromatic N) is 1. The maximum Gasteiger partial charge on any atom is 0.258 e. The second kappa shape index (κ2) is 7.34. The molecule has 0 aliphatic carbocycles. The van der Waals surface area contributed by atoms with Crippen molar-refractivity contribution in [3.05, 3.63) is 82.5 Å². The molecule has 6 heteroatoms. The Hall–Kier alpha value is -2.56. The van der Waals surface area contributed by atoms with Gasteiger partial charge in [0, 0.05) is 10.7 Å². The molecule has 1 aromatic heterocycles. The van der Waals surface area contributed by atoms with Crippen LogP contribution >= 0.6 is 23.2 Å². The third-order valence-electron chi connectivity index (χ3n) is 3.26. The van der Waals surface area contributed by atoms with E-state index >= 15 is 0 Å². The smallest absolute Gasteiger partial charge is 0.258 e. The first-order valence-electron chi connectivity index (χ1n) is 7.16. The van der Waals surface area contributed by atoms with Crippen LogP contribution in [0.25, 0.3) is 0 Å². The van der Waals surface area contributed by atoms with Crippen molar-refractivity contribution in [3.63, 3.8) is 0 Å². The number of nitrogens with one attached hydrogen (secondary N) is 2. The number of benzene rings is 2. The van der Waals surface area contributed by atoms with E-state index in [1.807, 2.05) is 18.2 Å². The van der Waals surface area contributed by atoms with Crippen LogP contribution in [-0.4, -0.2) is 10.9 Å². The Morgan fingerprint density at radius 1 is 0.875 bits per heavy atom. The van der Waals surface area contributed by atoms with Gasteiger partial charge in [-0.15, -0.1) is 0 Å². The average Bonchev–Trinajstić information content (AvgIpc) is 2.59. The Morgan fingerprint density at radius 3 is 2.25 bits per heavy atom. The van der Waals surface area contributed by atoms with Gasteiger partial charge in [-0.1, -0.05) is 35.3 Å². The second-order valence-electron chi connectivity index (χ2n) is 5.00. The first-order chi connectivity index (χ1) is 11.6. The second-order valence-corrected chi connectivity index (χ2v) is 5.84. The normalized spacial score (nSPS) is 10.2. The van der Waals surface area contributed by atoms with Gasteiger partial charge < -0.3 is 10.6 Å². The van der Waals surface area contributed by atoms with Crippen LogP contribution in [0.3, 0.4) is 0 Å². The number of carbonyl (C=O) groups is 1. The number of aromatic nitrogens is 1. The quantitative estimate of drug-likeness (QED) is 0.658. The predicted molar refractivity (Wildman–Crippen MR) is 98.4 cm³/mol. The van der Waals surface area contributed by atoms with E-state index in [4.69, 9.17) is 23.2 Å². The van der Waals surface area contributed by atoms with Crippen molar-refractivity contribution in [1.29, 1.82) is 0 Å². The molecule has 0 bridgehead atoms. The van der Waals surface area contributed by atoms with Crippen molar-refractivity contribution < 1.29 is 4.79 Å². The maximum absolute atomic E-state index is 12.2. The lowest BCUT2D eigenvalue weighted by molar-refractivity contribution is 0.102. The van der Waals surface area contributed by atoms with Crippen LogP contribution in [0, 0.1) is 0 Å². The Kier molecular flexibility index (Phi) is 4.99. The molecular weight excluding hydrogens is 345 g/mol. The van der Waals surface area contributed by atoms with Crippen LogP contribution in [0.1, 0.15) is 10.4 Å². The van der Waals surface area contributed by atoms with E-state index in [-0.39, 0.29) is 5.91 Å². The number of rotatable bonds is 4. The fraction of sp³-hybridized carbons (Fsp3) is 0. The van der Waals surface area contributed by atoms with Gasteiger partial charge in [0.1, 0.15) is 5.82 Å². The Morgan fingerprint density at radius 2 is 1.58 bits per heavy atom. The number of carbonyl (C=O) groups excluding carboxylic acids is 1. The fourth-order valence-corrected chi connectivity index (χ4v) is 2.42. The van der Waals surface area contributed by atoms with E-state index in [2.05, 4.69) is 15.6 Å². The molecule has 0 saturated heterocycles. The van der Waals surface area contributed by atoms with Gasteiger partial charge in [0.25, 0.3) is 5.91 Å². The summed E-state index contributed by atoms with van der Waals surface area (Å²) < 4.78 is 0. The summed E-state index contributed by atoms with van der Waals surface area (Å²) in [7, 11) is 0. The van der Waals surface area contributed by atoms with E-state index in [1.54, 1.807) is 48.7 Å². The van der Waals surface area contributed by atoms with Gasteiger partial charge in [-0.25, -0.2) is 4.98 Å². The average molecular weight is 358 g/mol. The standard InChI is InChI=1S/C18H13Cl2N3O/c19-12-5-7-13(8-6-12)22-14-9-10-17(21-11-14)23-18(24)15-3-1-2-4-16(15)20/h1-11,22H,(H,21,23,24). The summed E-state index contributed by atoms with van der Waals surface area (Å²) in [6, 6.07) is 17.7. The van der Waals surface area contributed by atoms with Crippen LogP contribution < -0.4 is 10.6 Å². The number of hydrogen-bond donors (Lipinski definition) is 2. The van der Waals surface area contributed by atoms with Crippen molar-refractivity contribution in [2.75, 3.05) is 10.6 Å². The third kappa shape index (κ3) is 4.04. The van der Waals surface area contributed by atoms with Gasteiger partial charge in [0.05, 0.1) is 22.5 Å². The van der Waals surface area contributed by atoms with Gasteiger partial charge in [0.2, 0.25) is 0 Å². The highest BCUT2D eigenvalue weighted by atomic mass is 35.5. The minimum absolute atomic E-state index is 0.300. The summed E-state index contributed by atoms with van der Waals surface area (Å²) >= 11 is 11.9. The molecule has 0 radical (unpaired) electrons. The Balaban J connectivity index is 1.67. The minimum Gasteiger partial charge on any atom is -0.354 e. The van der Waals surface area contributed by atoms with Crippen LogP contribution in [-0.2, 0) is 0 Å². The lowest BCUT2D eigenvalue weighted by atomic mass is 10.2. The lowest BCUT2D eigenvalue weighted by Gasteiger charge is -2.08. The van der Waals surface area contributed by atoms with Crippen LogP contribution in [0.2, 0.25) is 10.0 Å². The highest BCUT2D eigenvalue weighted by molar-refractivity contribution is 6.34. The number of anilines is 3. The molecule has 2 aromatic carbocycles. The SMILES string of the molecule is O=C(Nc1ccc(Nc2ccc(Cl)cc2)cn1)c1ccccc1Cl. The molecular formula is C18H13Cl2N3O. The topological polar surface area (TPSA) is 54.0 Å². The first kappa shape index (κ1) is 16.3. The van der Waals surface area contributed by atoms with E-state index < -0.39 is 0 Å². The van der Waals surface area contributed by atoms with Crippen molar-refractivity contribution >= 4 is 46.3 Å². The largest absolute Gasteiger partial charge is 0.354 e. The predicted octanol–water partition coefficient (Wildman–Crippen LogP) is 5.38. The summed E-state index contributed by atoms with van der Waals surface area (Å²) in [4.78, 5) is 16.4. The van der Waals surface area contributed by atoms with Gasteiger partial charge in [0.15, 0.2) is 0 Å². The lowest BCUT2D eigenvalue weighted by Crippen LogP contribution is -2.13. The van der Waals surface area contributed by atoms with Gasteiger partial charge >= 0.3 is 0 Å². The molecule has 0 atom stereocenters. The molecule has 0 aliphatic heterocycles. The van der Waals surface area contributed by atoms with E-state index in [9.17, 15) is 4.79 Å². The molecule has 0 unspecified atom stereocenters. The Bertz CT molecular complexity index is 849. The monoisotopic (exact) mass is 357 g/mol. The zero-order valence-corrected chi connectivity index (χ0v) is 14.0. The number of amides is 1. The van der Waals surface area contributed by atoms with Crippen LogP contribution in [0.15, 0.2) is 66.9 Å². The molecule has 3 aromatic rings. The summed E-state index contributed by atoms with van der Waals surface area (Å²) in [5, 5.41) is 6.99. The molecule has 24 heavy (non-hydrogen) atoms. The van der Waals surface area contributed by atoms with Crippen molar-refractivity contribution in [3.8, 4) is 0 Å². The van der Waals surface area contributed by atoms with Crippen molar-refractivity contribution in [2.45, 2.75) is 0 Å². The Labute approximate surface area is 149 Å². The van der Waals surface area contributed by atoms with E-state index in [1.165, 1.54) is 0 Å². The molecule has 120 valence electrons. The highest BCUT2D eigenvalue weighted by Crippen LogP contribution is 2.20. The van der Waals surface area contributed by atoms with Crippen molar-refractivity contribution in [2.24, 2.45) is 0 Å². The van der Waals surface area contributed by atoms with Gasteiger partial charge in [-0.2, -0.15) is 0 Å². The first-order valence-corrected chi connectivity index (χ1v) is 7.92. The van der Waals surface area contributed by atoms with Crippen molar-refractivity contribution in [1.82, 2.24) is 4.98 Å². The summed E-state index contributed by atoms with van der Waals surface area (Å²) in [5.41, 5.74) is 2.10. The molecule has 3 rings (SSSR count). The zero-order valence-electron chi connectivity index (χ0n) is 12.5. The zero-order chi connectivity index (χ0) is 16.9. The number of pyridine rings is 1. The van der Waals surface area contributed by atoms with Gasteiger partial charge in [-0.3, -0.25) is 4.79 Å². The molecule has 4 nitrogen and oxygen atoms in total. The molecule has 0 aliphatic rings. The summed E-state index contributed by atoms with van der Waals surface area (Å²) in [5.74, 6) is 0.146. The summed E-state index contributed by atoms with van der Waals surface area (Å²) in [6.07, 6.45) is 1.64. The van der Waals surface area contributed by atoms with E-state index in [0.29, 0.717) is 21.4 Å². The van der Waals surface area contributed by atoms with Gasteiger partial charge in [-0.05, 0) is 48.5 Å². The molecule has 2 N–H and O–H groups in total. The molecule has 1 amide bonds. The fourth-order valence-electron chi connectivity index (χ4n) is 2.07. The molecule has 0 spiro atoms. The molecule has 0 saturated carbocycles. The van der Waals surface area contributed by atoms with Crippen LogP contribution in [0.4, 0.5) is 17.2 Å². The maximum atomic E-state index is 12.2. The number of halogens is 2. The molecule has 1 heterocycles. The molecule has 0 fully saturated rings. The van der Waals surface area contributed by atoms with E-state index in [0.717, 1.165) is 11.4 Å². The number of hydrogen-bond acceptors (Lipinski definition) is 3. The third-order valence-corrected chi connectivity index (χ3v) is 3.84. The summed E-state index contributed by atoms with van der Waals surface area (Å²) in [6.45, 7) is 0. The highest BCUT2D eigenvalue weighted by Gasteiger charge is 2.10. The van der Waals surface area contributed by atoms with Crippen LogP contribution in [0.5, 0.6) is 0 Å². The minimum atomic E-state index is -0.300.